The monoisotopic (exact) mass is 234 g/mol. The number of nitrogens with one attached hydrogen (secondary N) is 1. The van der Waals surface area contributed by atoms with Crippen molar-refractivity contribution in [2.75, 3.05) is 12.8 Å². The minimum Gasteiger partial charge on any atom is -0.488 e. The van der Waals surface area contributed by atoms with E-state index in [1.54, 1.807) is 25.2 Å². The topological polar surface area (TPSA) is 64.4 Å². The van der Waals surface area contributed by atoms with E-state index in [4.69, 9.17) is 10.5 Å². The Bertz CT molecular complexity index is 412. The van der Waals surface area contributed by atoms with E-state index in [-0.39, 0.29) is 12.0 Å². The fraction of sp³-hybridized carbons (Fsp3) is 0.462. The van der Waals surface area contributed by atoms with E-state index in [1.807, 2.05) is 0 Å². The highest BCUT2D eigenvalue weighted by molar-refractivity contribution is 5.95. The molecule has 1 aromatic rings. The third-order valence-electron chi connectivity index (χ3n) is 3.10. The Morgan fingerprint density at radius 3 is 2.76 bits per heavy atom. The molecule has 1 aromatic carbocycles. The number of rotatable bonds is 3. The largest absolute Gasteiger partial charge is 0.488 e. The zero-order valence-electron chi connectivity index (χ0n) is 10.0. The Balaban J connectivity index is 2.16. The van der Waals surface area contributed by atoms with Crippen LogP contribution in [0.15, 0.2) is 18.2 Å². The lowest BCUT2D eigenvalue weighted by Gasteiger charge is -2.15. The van der Waals surface area contributed by atoms with Crippen LogP contribution in [-0.2, 0) is 0 Å². The van der Waals surface area contributed by atoms with Gasteiger partial charge >= 0.3 is 0 Å². The standard InChI is InChI=1S/C13H18N2O2/c1-15-13(16)9-6-7-11(14)12(8-9)17-10-4-2-3-5-10/h6-8,10H,2-5,14H2,1H3,(H,15,16). The molecular weight excluding hydrogens is 216 g/mol. The Morgan fingerprint density at radius 1 is 1.41 bits per heavy atom. The Morgan fingerprint density at radius 2 is 2.12 bits per heavy atom. The lowest BCUT2D eigenvalue weighted by molar-refractivity contribution is 0.0962. The number of hydrogen-bond acceptors (Lipinski definition) is 3. The van der Waals surface area contributed by atoms with Crippen LogP contribution < -0.4 is 15.8 Å². The third-order valence-corrected chi connectivity index (χ3v) is 3.10. The molecule has 0 aliphatic heterocycles. The van der Waals surface area contributed by atoms with Gasteiger partial charge in [-0.3, -0.25) is 4.79 Å². The van der Waals surface area contributed by atoms with Crippen LogP contribution in [-0.4, -0.2) is 19.1 Å². The minimum absolute atomic E-state index is 0.124. The first kappa shape index (κ1) is 11.8. The van der Waals surface area contributed by atoms with E-state index in [9.17, 15) is 4.79 Å². The predicted octanol–water partition coefficient (Wildman–Crippen LogP) is 1.95. The van der Waals surface area contributed by atoms with Crippen LogP contribution in [0.4, 0.5) is 5.69 Å². The van der Waals surface area contributed by atoms with Crippen molar-refractivity contribution >= 4 is 11.6 Å². The van der Waals surface area contributed by atoms with Gasteiger partial charge < -0.3 is 15.8 Å². The summed E-state index contributed by atoms with van der Waals surface area (Å²) in [4.78, 5) is 11.5. The smallest absolute Gasteiger partial charge is 0.251 e. The maximum Gasteiger partial charge on any atom is 0.251 e. The number of nitrogens with two attached hydrogens (primary N) is 1. The van der Waals surface area contributed by atoms with Gasteiger partial charge in [0, 0.05) is 12.6 Å². The first-order chi connectivity index (χ1) is 8.20. The summed E-state index contributed by atoms with van der Waals surface area (Å²) < 4.78 is 5.84. The zero-order valence-corrected chi connectivity index (χ0v) is 10.0. The maximum atomic E-state index is 11.5. The maximum absolute atomic E-state index is 11.5. The van der Waals surface area contributed by atoms with Crippen LogP contribution in [0, 0.1) is 0 Å². The van der Waals surface area contributed by atoms with Crippen LogP contribution >= 0.6 is 0 Å². The second-order valence-electron chi connectivity index (χ2n) is 4.36. The van der Waals surface area contributed by atoms with Gasteiger partial charge in [-0.15, -0.1) is 0 Å². The van der Waals surface area contributed by atoms with Gasteiger partial charge in [0.15, 0.2) is 0 Å². The molecule has 1 aliphatic rings. The Kier molecular flexibility index (Phi) is 3.52. The molecule has 4 nitrogen and oxygen atoms in total. The lowest BCUT2D eigenvalue weighted by atomic mass is 10.1. The molecule has 0 spiro atoms. The van der Waals surface area contributed by atoms with Crippen molar-refractivity contribution in [3.05, 3.63) is 23.8 Å². The number of hydrogen-bond donors (Lipinski definition) is 2. The van der Waals surface area contributed by atoms with Crippen LogP contribution in [0.1, 0.15) is 36.0 Å². The summed E-state index contributed by atoms with van der Waals surface area (Å²) in [5.41, 5.74) is 7.02. The molecule has 2 rings (SSSR count). The van der Waals surface area contributed by atoms with Crippen molar-refractivity contribution < 1.29 is 9.53 Å². The van der Waals surface area contributed by atoms with Crippen molar-refractivity contribution in [2.45, 2.75) is 31.8 Å². The van der Waals surface area contributed by atoms with Crippen molar-refractivity contribution in [1.82, 2.24) is 5.32 Å². The summed E-state index contributed by atoms with van der Waals surface area (Å²) in [5.74, 6) is 0.499. The van der Waals surface area contributed by atoms with Gasteiger partial charge in [-0.25, -0.2) is 0 Å². The zero-order chi connectivity index (χ0) is 12.3. The highest BCUT2D eigenvalue weighted by Crippen LogP contribution is 2.29. The molecule has 1 amide bonds. The molecular formula is C13H18N2O2. The molecule has 1 fully saturated rings. The van der Waals surface area contributed by atoms with Crippen molar-refractivity contribution in [1.29, 1.82) is 0 Å². The third kappa shape index (κ3) is 2.70. The average Bonchev–Trinajstić information content (AvgIpc) is 2.84. The van der Waals surface area contributed by atoms with Gasteiger partial charge in [0.2, 0.25) is 0 Å². The number of carbonyl (C=O) groups excluding carboxylic acids is 1. The summed E-state index contributed by atoms with van der Waals surface area (Å²) in [7, 11) is 1.61. The van der Waals surface area contributed by atoms with Gasteiger partial charge in [-0.05, 0) is 43.9 Å². The molecule has 4 heteroatoms. The molecule has 0 bridgehead atoms. The first-order valence-corrected chi connectivity index (χ1v) is 5.99. The number of anilines is 1. The summed E-state index contributed by atoms with van der Waals surface area (Å²) >= 11 is 0. The molecule has 0 unspecified atom stereocenters. The van der Waals surface area contributed by atoms with Gasteiger partial charge in [0.05, 0.1) is 11.8 Å². The fourth-order valence-corrected chi connectivity index (χ4v) is 2.11. The summed E-state index contributed by atoms with van der Waals surface area (Å²) in [6.45, 7) is 0. The molecule has 92 valence electrons. The number of benzene rings is 1. The molecule has 0 heterocycles. The SMILES string of the molecule is CNC(=O)c1ccc(N)c(OC2CCCC2)c1. The fourth-order valence-electron chi connectivity index (χ4n) is 2.11. The molecule has 1 aliphatic carbocycles. The van der Waals surface area contributed by atoms with Crippen LogP contribution in [0.2, 0.25) is 0 Å². The average molecular weight is 234 g/mol. The second kappa shape index (κ2) is 5.08. The van der Waals surface area contributed by atoms with E-state index in [0.717, 1.165) is 12.8 Å². The van der Waals surface area contributed by atoms with Gasteiger partial charge in [0.25, 0.3) is 5.91 Å². The number of nitrogen functional groups attached to an aromatic ring is 1. The summed E-state index contributed by atoms with van der Waals surface area (Å²) in [5, 5.41) is 2.59. The van der Waals surface area contributed by atoms with Gasteiger partial charge in [0.1, 0.15) is 5.75 Å². The first-order valence-electron chi connectivity index (χ1n) is 5.99. The molecule has 1 saturated carbocycles. The predicted molar refractivity (Wildman–Crippen MR) is 67.1 cm³/mol. The lowest BCUT2D eigenvalue weighted by Crippen LogP contribution is -2.18. The normalized spacial score (nSPS) is 15.8. The van der Waals surface area contributed by atoms with E-state index in [0.29, 0.717) is 17.0 Å². The Hall–Kier alpha value is -1.71. The number of ether oxygens (including phenoxy) is 1. The van der Waals surface area contributed by atoms with Crippen LogP contribution in [0.3, 0.4) is 0 Å². The van der Waals surface area contributed by atoms with E-state index >= 15 is 0 Å². The van der Waals surface area contributed by atoms with E-state index in [1.165, 1.54) is 12.8 Å². The van der Waals surface area contributed by atoms with Crippen molar-refractivity contribution in [2.24, 2.45) is 0 Å². The molecule has 17 heavy (non-hydrogen) atoms. The van der Waals surface area contributed by atoms with E-state index < -0.39 is 0 Å². The molecule has 3 N–H and O–H groups in total. The molecule has 0 radical (unpaired) electrons. The number of amides is 1. The Labute approximate surface area is 101 Å². The highest BCUT2D eigenvalue weighted by Gasteiger charge is 2.18. The molecule has 0 aromatic heterocycles. The van der Waals surface area contributed by atoms with Crippen LogP contribution in [0.5, 0.6) is 5.75 Å². The summed E-state index contributed by atoms with van der Waals surface area (Å²) in [6, 6.07) is 5.14. The minimum atomic E-state index is -0.124. The second-order valence-corrected chi connectivity index (χ2v) is 4.36. The van der Waals surface area contributed by atoms with Gasteiger partial charge in [-0.2, -0.15) is 0 Å². The molecule has 0 atom stereocenters. The highest BCUT2D eigenvalue weighted by atomic mass is 16.5. The number of carbonyl (C=O) groups is 1. The molecule has 0 saturated heterocycles. The summed E-state index contributed by atoms with van der Waals surface area (Å²) in [6.07, 6.45) is 4.81. The van der Waals surface area contributed by atoms with Crippen molar-refractivity contribution in [3.8, 4) is 5.75 Å². The van der Waals surface area contributed by atoms with Crippen LogP contribution in [0.25, 0.3) is 0 Å². The van der Waals surface area contributed by atoms with E-state index in [2.05, 4.69) is 5.32 Å². The quantitative estimate of drug-likeness (QED) is 0.786. The van der Waals surface area contributed by atoms with Crippen molar-refractivity contribution in [3.63, 3.8) is 0 Å². The van der Waals surface area contributed by atoms with Gasteiger partial charge in [-0.1, -0.05) is 0 Å².